The summed E-state index contributed by atoms with van der Waals surface area (Å²) >= 11 is 0. The lowest BCUT2D eigenvalue weighted by atomic mass is 10.3. The zero-order chi connectivity index (χ0) is 9.68. The van der Waals surface area contributed by atoms with Crippen LogP contribution in [0, 0.1) is 0 Å². The second-order valence-electron chi connectivity index (χ2n) is 3.82. The van der Waals surface area contributed by atoms with E-state index in [1.54, 1.807) is 0 Å². The molecule has 0 aromatic rings. The van der Waals surface area contributed by atoms with Gasteiger partial charge in [0.2, 0.25) is 5.91 Å². The fourth-order valence-electron chi connectivity index (χ4n) is 1.17. The normalized spacial score (nSPS) is 15.8. The van der Waals surface area contributed by atoms with E-state index in [1.807, 2.05) is 11.9 Å². The summed E-state index contributed by atoms with van der Waals surface area (Å²) in [6.07, 6.45) is 4.73. The van der Waals surface area contributed by atoms with Crippen LogP contribution in [0.5, 0.6) is 0 Å². The summed E-state index contributed by atoms with van der Waals surface area (Å²) in [7, 11) is 1.88. The minimum Gasteiger partial charge on any atom is -0.345 e. The molecule has 1 aliphatic carbocycles. The Labute approximate surface area is 80.5 Å². The molecule has 0 atom stereocenters. The van der Waals surface area contributed by atoms with E-state index in [0.29, 0.717) is 12.6 Å². The molecule has 0 unspecified atom stereocenters. The first-order valence-electron chi connectivity index (χ1n) is 5.21. The highest BCUT2D eigenvalue weighted by molar-refractivity contribution is 5.78. The van der Waals surface area contributed by atoms with E-state index < -0.39 is 0 Å². The van der Waals surface area contributed by atoms with E-state index in [4.69, 9.17) is 0 Å². The molecule has 0 radical (unpaired) electrons. The van der Waals surface area contributed by atoms with Crippen LogP contribution in [0.4, 0.5) is 0 Å². The van der Waals surface area contributed by atoms with Gasteiger partial charge in [0.1, 0.15) is 0 Å². The van der Waals surface area contributed by atoms with Crippen molar-refractivity contribution in [3.8, 4) is 0 Å². The molecule has 1 amide bonds. The number of hydrogen-bond acceptors (Lipinski definition) is 2. The molecule has 13 heavy (non-hydrogen) atoms. The number of nitrogens with one attached hydrogen (secondary N) is 1. The van der Waals surface area contributed by atoms with Gasteiger partial charge in [0.05, 0.1) is 6.54 Å². The van der Waals surface area contributed by atoms with Gasteiger partial charge in [-0.2, -0.15) is 0 Å². The molecule has 0 bridgehead atoms. The van der Waals surface area contributed by atoms with Crippen LogP contribution in [0.2, 0.25) is 0 Å². The topological polar surface area (TPSA) is 32.3 Å². The number of unbranched alkanes of at least 4 members (excludes halogenated alkanes) is 1. The first-order valence-corrected chi connectivity index (χ1v) is 5.21. The van der Waals surface area contributed by atoms with Crippen molar-refractivity contribution in [2.45, 2.75) is 38.6 Å². The number of carbonyl (C=O) groups is 1. The van der Waals surface area contributed by atoms with Gasteiger partial charge >= 0.3 is 0 Å². The van der Waals surface area contributed by atoms with Crippen molar-refractivity contribution in [2.24, 2.45) is 0 Å². The van der Waals surface area contributed by atoms with Crippen molar-refractivity contribution in [2.75, 3.05) is 20.1 Å². The van der Waals surface area contributed by atoms with Gasteiger partial charge in [-0.1, -0.05) is 13.3 Å². The fraction of sp³-hybridized carbons (Fsp3) is 0.900. The molecule has 0 spiro atoms. The first kappa shape index (κ1) is 10.5. The third kappa shape index (κ3) is 4.27. The summed E-state index contributed by atoms with van der Waals surface area (Å²) in [4.78, 5) is 13.3. The summed E-state index contributed by atoms with van der Waals surface area (Å²) in [5.74, 6) is 0.223. The Bertz CT molecular complexity index is 166. The largest absolute Gasteiger partial charge is 0.345 e. The van der Waals surface area contributed by atoms with Crippen molar-refractivity contribution in [3.05, 3.63) is 0 Å². The third-order valence-electron chi connectivity index (χ3n) is 2.39. The summed E-state index contributed by atoms with van der Waals surface area (Å²) in [6, 6.07) is 0.628. The van der Waals surface area contributed by atoms with Gasteiger partial charge in [0.25, 0.3) is 0 Å². The number of carbonyl (C=O) groups excluding carboxylic acids is 1. The van der Waals surface area contributed by atoms with E-state index >= 15 is 0 Å². The minimum absolute atomic E-state index is 0.223. The Hall–Kier alpha value is -0.570. The molecule has 1 aliphatic rings. The highest BCUT2D eigenvalue weighted by Gasteiger charge is 2.21. The molecule has 0 aliphatic heterocycles. The summed E-state index contributed by atoms with van der Waals surface area (Å²) in [5.41, 5.74) is 0. The standard InChI is InChI=1S/C10H20N2O/c1-3-4-7-12(2)10(13)8-11-9-5-6-9/h9,11H,3-8H2,1-2H3. The zero-order valence-corrected chi connectivity index (χ0v) is 8.68. The molecular formula is C10H20N2O. The van der Waals surface area contributed by atoms with Gasteiger partial charge in [-0.05, 0) is 19.3 Å². The fourth-order valence-corrected chi connectivity index (χ4v) is 1.17. The van der Waals surface area contributed by atoms with Crippen molar-refractivity contribution in [1.29, 1.82) is 0 Å². The molecule has 3 heteroatoms. The van der Waals surface area contributed by atoms with E-state index in [2.05, 4.69) is 12.2 Å². The number of likely N-dealkylation sites (N-methyl/N-ethyl adjacent to an activating group) is 1. The van der Waals surface area contributed by atoms with Gasteiger partial charge in [0, 0.05) is 19.6 Å². The molecule has 76 valence electrons. The van der Waals surface area contributed by atoms with E-state index in [0.717, 1.165) is 19.4 Å². The zero-order valence-electron chi connectivity index (χ0n) is 8.68. The Morgan fingerprint density at radius 3 is 2.77 bits per heavy atom. The lowest BCUT2D eigenvalue weighted by molar-refractivity contribution is -0.129. The number of rotatable bonds is 6. The lowest BCUT2D eigenvalue weighted by Gasteiger charge is -2.16. The summed E-state index contributed by atoms with van der Waals surface area (Å²) in [6.45, 7) is 3.55. The molecular weight excluding hydrogens is 164 g/mol. The van der Waals surface area contributed by atoms with Crippen LogP contribution in [0.15, 0.2) is 0 Å². The molecule has 3 nitrogen and oxygen atoms in total. The van der Waals surface area contributed by atoms with Crippen LogP contribution >= 0.6 is 0 Å². The highest BCUT2D eigenvalue weighted by atomic mass is 16.2. The van der Waals surface area contributed by atoms with Gasteiger partial charge in [-0.15, -0.1) is 0 Å². The van der Waals surface area contributed by atoms with Gasteiger partial charge in [0.15, 0.2) is 0 Å². The SMILES string of the molecule is CCCCN(C)C(=O)CNC1CC1. The maximum absolute atomic E-state index is 11.4. The van der Waals surface area contributed by atoms with Crippen molar-refractivity contribution in [1.82, 2.24) is 10.2 Å². The average molecular weight is 184 g/mol. The van der Waals surface area contributed by atoms with Crippen LogP contribution < -0.4 is 5.32 Å². The molecule has 1 rings (SSSR count). The molecule has 1 N–H and O–H groups in total. The maximum atomic E-state index is 11.4. The Morgan fingerprint density at radius 1 is 1.54 bits per heavy atom. The van der Waals surface area contributed by atoms with E-state index in [-0.39, 0.29) is 5.91 Å². The monoisotopic (exact) mass is 184 g/mol. The lowest BCUT2D eigenvalue weighted by Crippen LogP contribution is -2.36. The Kier molecular flexibility index (Phi) is 4.22. The molecule has 0 aromatic heterocycles. The van der Waals surface area contributed by atoms with E-state index in [1.165, 1.54) is 12.8 Å². The predicted molar refractivity (Wildman–Crippen MR) is 53.6 cm³/mol. The predicted octanol–water partition coefficient (Wildman–Crippen LogP) is 0.997. The number of amides is 1. The molecule has 0 saturated heterocycles. The Balaban J connectivity index is 2.05. The van der Waals surface area contributed by atoms with Crippen LogP contribution in [0.1, 0.15) is 32.6 Å². The van der Waals surface area contributed by atoms with E-state index in [9.17, 15) is 4.79 Å². The molecule has 1 fully saturated rings. The second kappa shape index (κ2) is 5.22. The highest BCUT2D eigenvalue weighted by Crippen LogP contribution is 2.18. The van der Waals surface area contributed by atoms with Crippen LogP contribution in [0.3, 0.4) is 0 Å². The second-order valence-corrected chi connectivity index (χ2v) is 3.82. The van der Waals surface area contributed by atoms with Crippen molar-refractivity contribution >= 4 is 5.91 Å². The number of hydrogen-bond donors (Lipinski definition) is 1. The maximum Gasteiger partial charge on any atom is 0.236 e. The van der Waals surface area contributed by atoms with Crippen molar-refractivity contribution in [3.63, 3.8) is 0 Å². The third-order valence-corrected chi connectivity index (χ3v) is 2.39. The molecule has 1 saturated carbocycles. The molecule has 0 aromatic carbocycles. The minimum atomic E-state index is 0.223. The van der Waals surface area contributed by atoms with Gasteiger partial charge < -0.3 is 10.2 Å². The van der Waals surface area contributed by atoms with Crippen LogP contribution in [-0.4, -0.2) is 37.0 Å². The van der Waals surface area contributed by atoms with Crippen molar-refractivity contribution < 1.29 is 4.79 Å². The van der Waals surface area contributed by atoms with Gasteiger partial charge in [-0.3, -0.25) is 4.79 Å². The number of nitrogens with zero attached hydrogens (tertiary/aromatic N) is 1. The summed E-state index contributed by atoms with van der Waals surface area (Å²) < 4.78 is 0. The molecule has 0 heterocycles. The Morgan fingerprint density at radius 2 is 2.23 bits per heavy atom. The van der Waals surface area contributed by atoms with Crippen LogP contribution in [-0.2, 0) is 4.79 Å². The summed E-state index contributed by atoms with van der Waals surface area (Å²) in [5, 5.41) is 3.22. The quantitative estimate of drug-likeness (QED) is 0.668. The average Bonchev–Trinajstić information content (AvgIpc) is 2.93. The smallest absolute Gasteiger partial charge is 0.236 e. The van der Waals surface area contributed by atoms with Crippen LogP contribution in [0.25, 0.3) is 0 Å². The van der Waals surface area contributed by atoms with Gasteiger partial charge in [-0.25, -0.2) is 0 Å². The first-order chi connectivity index (χ1) is 6.24.